The van der Waals surface area contributed by atoms with Crippen molar-refractivity contribution < 1.29 is 23.9 Å². The molecule has 0 spiro atoms. The number of rotatable bonds is 11. The van der Waals surface area contributed by atoms with Gasteiger partial charge in [0, 0.05) is 19.0 Å². The molecule has 0 aromatic heterocycles. The fraction of sp³-hybridized carbons (Fsp3) is 0.700. The quantitative estimate of drug-likeness (QED) is 0.359. The zero-order valence-corrected chi connectivity index (χ0v) is 18.0. The van der Waals surface area contributed by atoms with Gasteiger partial charge >= 0.3 is 5.97 Å². The van der Waals surface area contributed by atoms with Gasteiger partial charge in [0.05, 0.1) is 6.61 Å². The summed E-state index contributed by atoms with van der Waals surface area (Å²) in [6, 6.07) is -1.89. The Balaban J connectivity index is 4.97. The summed E-state index contributed by atoms with van der Waals surface area (Å²) in [4.78, 5) is 47.7. The van der Waals surface area contributed by atoms with Crippen LogP contribution in [-0.2, 0) is 23.9 Å². The minimum atomic E-state index is -0.798. The van der Waals surface area contributed by atoms with E-state index in [2.05, 4.69) is 16.0 Å². The summed E-state index contributed by atoms with van der Waals surface area (Å²) in [6.45, 7) is 12.5. The average Bonchev–Trinajstić information content (AvgIpc) is 2.56. The monoisotopic (exact) mass is 397 g/mol. The standard InChI is InChI=1S/C20H35N3O5/c1-8-28-17(25)10-9-16(11-12(2)3)23-19(26)14(6)21-20(27)18(13(4)5)22-15(7)24/h9-10,12-14,16,18H,8,11H2,1-7H3,(H,21,27)(H,22,24)(H,23,26)/b10-9+/t14-,16+,18-/m0/s1. The zero-order chi connectivity index (χ0) is 21.9. The van der Waals surface area contributed by atoms with Crippen molar-refractivity contribution in [2.24, 2.45) is 11.8 Å². The summed E-state index contributed by atoms with van der Waals surface area (Å²) >= 11 is 0. The zero-order valence-electron chi connectivity index (χ0n) is 18.0. The van der Waals surface area contributed by atoms with E-state index in [0.717, 1.165) is 0 Å². The fourth-order valence-electron chi connectivity index (χ4n) is 2.51. The van der Waals surface area contributed by atoms with Crippen LogP contribution in [-0.4, -0.2) is 48.4 Å². The van der Waals surface area contributed by atoms with Crippen LogP contribution in [0.1, 0.15) is 54.9 Å². The maximum atomic E-state index is 12.5. The van der Waals surface area contributed by atoms with Gasteiger partial charge in [0.15, 0.2) is 0 Å². The molecule has 0 fully saturated rings. The Hall–Kier alpha value is -2.38. The van der Waals surface area contributed by atoms with E-state index >= 15 is 0 Å². The number of carbonyl (C=O) groups excluding carboxylic acids is 4. The van der Waals surface area contributed by atoms with Crippen LogP contribution < -0.4 is 16.0 Å². The van der Waals surface area contributed by atoms with Gasteiger partial charge in [0.2, 0.25) is 17.7 Å². The van der Waals surface area contributed by atoms with E-state index in [1.165, 1.54) is 13.0 Å². The second-order valence-corrected chi connectivity index (χ2v) is 7.51. The molecule has 8 nitrogen and oxygen atoms in total. The number of ether oxygens (including phenoxy) is 1. The van der Waals surface area contributed by atoms with Gasteiger partial charge in [0.25, 0.3) is 0 Å². The molecular weight excluding hydrogens is 362 g/mol. The topological polar surface area (TPSA) is 114 Å². The molecule has 0 saturated heterocycles. The smallest absolute Gasteiger partial charge is 0.330 e. The van der Waals surface area contributed by atoms with Crippen molar-refractivity contribution in [3.63, 3.8) is 0 Å². The molecule has 160 valence electrons. The third-order valence-electron chi connectivity index (χ3n) is 3.86. The first-order valence-corrected chi connectivity index (χ1v) is 9.70. The van der Waals surface area contributed by atoms with Crippen molar-refractivity contribution >= 4 is 23.7 Å². The summed E-state index contributed by atoms with van der Waals surface area (Å²) in [5, 5.41) is 8.04. The second-order valence-electron chi connectivity index (χ2n) is 7.51. The van der Waals surface area contributed by atoms with Gasteiger partial charge in [0.1, 0.15) is 12.1 Å². The number of carbonyl (C=O) groups is 4. The van der Waals surface area contributed by atoms with E-state index in [-0.39, 0.29) is 36.3 Å². The summed E-state index contributed by atoms with van der Waals surface area (Å²) < 4.78 is 4.85. The van der Waals surface area contributed by atoms with Gasteiger partial charge in [-0.15, -0.1) is 0 Å². The van der Waals surface area contributed by atoms with Gasteiger partial charge in [-0.2, -0.15) is 0 Å². The Morgan fingerprint density at radius 3 is 2.00 bits per heavy atom. The van der Waals surface area contributed by atoms with E-state index in [1.54, 1.807) is 19.9 Å². The van der Waals surface area contributed by atoms with Crippen LogP contribution >= 0.6 is 0 Å². The minimum absolute atomic E-state index is 0.125. The van der Waals surface area contributed by atoms with Crippen LogP contribution in [0.2, 0.25) is 0 Å². The molecule has 0 radical (unpaired) electrons. The van der Waals surface area contributed by atoms with Crippen molar-refractivity contribution in [1.29, 1.82) is 0 Å². The van der Waals surface area contributed by atoms with E-state index in [9.17, 15) is 19.2 Å². The van der Waals surface area contributed by atoms with Gasteiger partial charge in [-0.1, -0.05) is 33.8 Å². The SMILES string of the molecule is CCOC(=O)/C=C/[C@H](CC(C)C)NC(=O)[C@H](C)NC(=O)[C@@H](NC(C)=O)C(C)C. The Kier molecular flexibility index (Phi) is 11.8. The molecule has 3 N–H and O–H groups in total. The highest BCUT2D eigenvalue weighted by Crippen LogP contribution is 2.07. The molecule has 0 aliphatic carbocycles. The van der Waals surface area contributed by atoms with Crippen LogP contribution in [0.25, 0.3) is 0 Å². The molecule has 0 saturated carbocycles. The van der Waals surface area contributed by atoms with Crippen molar-refractivity contribution in [2.75, 3.05) is 6.61 Å². The first-order valence-electron chi connectivity index (χ1n) is 9.70. The molecule has 0 aromatic rings. The molecule has 0 unspecified atom stereocenters. The molecule has 0 bridgehead atoms. The maximum Gasteiger partial charge on any atom is 0.330 e. The molecule has 8 heteroatoms. The van der Waals surface area contributed by atoms with E-state index in [1.807, 2.05) is 27.7 Å². The fourth-order valence-corrected chi connectivity index (χ4v) is 2.51. The molecule has 0 heterocycles. The van der Waals surface area contributed by atoms with E-state index in [4.69, 9.17) is 4.74 Å². The molecule has 3 atom stereocenters. The summed E-state index contributed by atoms with van der Waals surface area (Å²) in [7, 11) is 0. The Labute approximate surface area is 167 Å². The van der Waals surface area contributed by atoms with Crippen molar-refractivity contribution in [1.82, 2.24) is 16.0 Å². The van der Waals surface area contributed by atoms with Gasteiger partial charge < -0.3 is 20.7 Å². The van der Waals surface area contributed by atoms with Crippen molar-refractivity contribution in [2.45, 2.75) is 73.0 Å². The maximum absolute atomic E-state index is 12.5. The third kappa shape index (κ3) is 10.7. The lowest BCUT2D eigenvalue weighted by Gasteiger charge is -2.24. The first kappa shape index (κ1) is 25.6. The highest BCUT2D eigenvalue weighted by molar-refractivity contribution is 5.92. The van der Waals surface area contributed by atoms with Crippen molar-refractivity contribution in [3.8, 4) is 0 Å². The summed E-state index contributed by atoms with van der Waals surface area (Å²) in [5.74, 6) is -1.42. The predicted octanol–water partition coefficient (Wildman–Crippen LogP) is 1.30. The molecule has 3 amide bonds. The summed E-state index contributed by atoms with van der Waals surface area (Å²) in [6.07, 6.45) is 3.52. The van der Waals surface area contributed by atoms with Crippen molar-refractivity contribution in [3.05, 3.63) is 12.2 Å². The molecule has 0 aliphatic heterocycles. The Morgan fingerprint density at radius 2 is 1.54 bits per heavy atom. The number of amides is 3. The largest absolute Gasteiger partial charge is 0.463 e. The lowest BCUT2D eigenvalue weighted by molar-refractivity contribution is -0.137. The van der Waals surface area contributed by atoms with Crippen LogP contribution in [0.4, 0.5) is 0 Å². The highest BCUT2D eigenvalue weighted by atomic mass is 16.5. The minimum Gasteiger partial charge on any atom is -0.463 e. The molecule has 0 aliphatic rings. The van der Waals surface area contributed by atoms with Gasteiger partial charge in [-0.25, -0.2) is 4.79 Å². The number of hydrogen-bond acceptors (Lipinski definition) is 5. The van der Waals surface area contributed by atoms with Gasteiger partial charge in [-0.05, 0) is 32.1 Å². The lowest BCUT2D eigenvalue weighted by atomic mass is 10.0. The third-order valence-corrected chi connectivity index (χ3v) is 3.86. The molecule has 0 rings (SSSR count). The number of nitrogens with one attached hydrogen (secondary N) is 3. The van der Waals surface area contributed by atoms with Crippen LogP contribution in [0.5, 0.6) is 0 Å². The first-order chi connectivity index (χ1) is 13.0. The van der Waals surface area contributed by atoms with E-state index < -0.39 is 24.0 Å². The number of hydrogen-bond donors (Lipinski definition) is 3. The van der Waals surface area contributed by atoms with E-state index in [0.29, 0.717) is 6.42 Å². The Bertz CT molecular complexity index is 572. The second kappa shape index (κ2) is 12.9. The predicted molar refractivity (Wildman–Crippen MR) is 107 cm³/mol. The molecular formula is C20H35N3O5. The number of esters is 1. The highest BCUT2D eigenvalue weighted by Gasteiger charge is 2.26. The normalized spacial score (nSPS) is 14.5. The Morgan fingerprint density at radius 1 is 0.929 bits per heavy atom. The van der Waals surface area contributed by atoms with Crippen LogP contribution in [0, 0.1) is 11.8 Å². The van der Waals surface area contributed by atoms with Crippen LogP contribution in [0.3, 0.4) is 0 Å². The average molecular weight is 398 g/mol. The lowest BCUT2D eigenvalue weighted by Crippen LogP contribution is -2.55. The van der Waals surface area contributed by atoms with Gasteiger partial charge in [-0.3, -0.25) is 14.4 Å². The molecule has 28 heavy (non-hydrogen) atoms. The summed E-state index contributed by atoms with van der Waals surface area (Å²) in [5.41, 5.74) is 0. The van der Waals surface area contributed by atoms with Crippen LogP contribution in [0.15, 0.2) is 12.2 Å². The molecule has 0 aromatic carbocycles.